The molecule has 8 heteroatoms. The van der Waals surface area contributed by atoms with Crippen LogP contribution in [-0.2, 0) is 7.05 Å². The van der Waals surface area contributed by atoms with Crippen LogP contribution in [0.25, 0.3) is 5.69 Å². The SMILES string of the molecule is CCOc1cc(-n2c(C#N)c(C#N)n(C)c2=O)c(F)cc1Cl. The van der Waals surface area contributed by atoms with E-state index in [1.165, 1.54) is 13.1 Å². The zero-order chi connectivity index (χ0) is 16.4. The molecule has 0 aliphatic heterocycles. The average Bonchev–Trinajstić information content (AvgIpc) is 2.73. The summed E-state index contributed by atoms with van der Waals surface area (Å²) in [6.07, 6.45) is 0. The Hall–Kier alpha value is -2.77. The van der Waals surface area contributed by atoms with E-state index in [1.807, 2.05) is 0 Å². The van der Waals surface area contributed by atoms with Crippen molar-refractivity contribution in [3.05, 3.63) is 44.8 Å². The average molecular weight is 321 g/mol. The van der Waals surface area contributed by atoms with Crippen LogP contribution in [0.5, 0.6) is 5.75 Å². The van der Waals surface area contributed by atoms with Crippen molar-refractivity contribution in [3.63, 3.8) is 0 Å². The Morgan fingerprint density at radius 1 is 1.32 bits per heavy atom. The number of benzene rings is 1. The van der Waals surface area contributed by atoms with Crippen LogP contribution in [-0.4, -0.2) is 15.7 Å². The van der Waals surface area contributed by atoms with E-state index in [1.54, 1.807) is 19.1 Å². The second kappa shape index (κ2) is 5.92. The van der Waals surface area contributed by atoms with Crippen molar-refractivity contribution >= 4 is 11.6 Å². The third-order valence-electron chi connectivity index (χ3n) is 3.02. The standard InChI is InChI=1S/C14H10ClFN4O2/c1-3-22-13-5-10(9(16)4-8(13)15)20-12(7-18)11(6-17)19(2)14(20)21/h4-5H,3H2,1-2H3. The fourth-order valence-corrected chi connectivity index (χ4v) is 2.22. The van der Waals surface area contributed by atoms with Crippen LogP contribution >= 0.6 is 11.6 Å². The third-order valence-corrected chi connectivity index (χ3v) is 3.31. The molecule has 2 rings (SSSR count). The minimum absolute atomic E-state index is 0.0473. The van der Waals surface area contributed by atoms with E-state index in [-0.39, 0.29) is 27.8 Å². The van der Waals surface area contributed by atoms with E-state index in [0.717, 1.165) is 15.2 Å². The third kappa shape index (κ3) is 2.32. The lowest BCUT2D eigenvalue weighted by molar-refractivity contribution is 0.339. The van der Waals surface area contributed by atoms with Crippen LogP contribution in [0.2, 0.25) is 5.02 Å². The molecule has 0 radical (unpaired) electrons. The number of hydrogen-bond acceptors (Lipinski definition) is 4. The Balaban J connectivity index is 2.84. The smallest absolute Gasteiger partial charge is 0.334 e. The van der Waals surface area contributed by atoms with Gasteiger partial charge in [-0.25, -0.2) is 13.8 Å². The molecule has 112 valence electrons. The highest BCUT2D eigenvalue weighted by Gasteiger charge is 2.22. The summed E-state index contributed by atoms with van der Waals surface area (Å²) in [6.45, 7) is 2.02. The van der Waals surface area contributed by atoms with E-state index >= 15 is 0 Å². The number of halogens is 2. The zero-order valence-electron chi connectivity index (χ0n) is 11.7. The Morgan fingerprint density at radius 3 is 2.50 bits per heavy atom. The molecule has 0 spiro atoms. The molecule has 0 aliphatic rings. The number of aromatic nitrogens is 2. The first-order valence-corrected chi connectivity index (χ1v) is 6.58. The Bertz CT molecular complexity index is 886. The summed E-state index contributed by atoms with van der Waals surface area (Å²) in [5.74, 6) is -0.624. The molecule has 0 unspecified atom stereocenters. The maximum Gasteiger partial charge on any atom is 0.334 e. The van der Waals surface area contributed by atoms with Gasteiger partial charge in [-0.05, 0) is 13.0 Å². The minimum Gasteiger partial charge on any atom is -0.492 e. The number of nitriles is 2. The van der Waals surface area contributed by atoms with Gasteiger partial charge in [-0.2, -0.15) is 10.5 Å². The molecule has 0 saturated heterocycles. The summed E-state index contributed by atoms with van der Waals surface area (Å²) in [4.78, 5) is 12.2. The fraction of sp³-hybridized carbons (Fsp3) is 0.214. The van der Waals surface area contributed by atoms with Crippen molar-refractivity contribution in [2.24, 2.45) is 7.05 Å². The van der Waals surface area contributed by atoms with Crippen molar-refractivity contribution in [1.82, 2.24) is 9.13 Å². The molecule has 6 nitrogen and oxygen atoms in total. The van der Waals surface area contributed by atoms with Crippen LogP contribution in [0.1, 0.15) is 18.3 Å². The zero-order valence-corrected chi connectivity index (χ0v) is 12.5. The van der Waals surface area contributed by atoms with Crippen molar-refractivity contribution < 1.29 is 9.13 Å². The normalized spacial score (nSPS) is 10.1. The predicted octanol–water partition coefficient (Wildman–Crippen LogP) is 2.11. The summed E-state index contributed by atoms with van der Waals surface area (Å²) in [5.41, 5.74) is -1.32. The number of imidazole rings is 1. The van der Waals surface area contributed by atoms with E-state index in [2.05, 4.69) is 0 Å². The van der Waals surface area contributed by atoms with Gasteiger partial charge in [-0.15, -0.1) is 0 Å². The highest BCUT2D eigenvalue weighted by Crippen LogP contribution is 2.30. The topological polar surface area (TPSA) is 83.7 Å². The lowest BCUT2D eigenvalue weighted by Gasteiger charge is -2.10. The second-order valence-corrected chi connectivity index (χ2v) is 4.67. The number of hydrogen-bond donors (Lipinski definition) is 0. The summed E-state index contributed by atoms with van der Waals surface area (Å²) in [5, 5.41) is 18.3. The van der Waals surface area contributed by atoms with Gasteiger partial charge >= 0.3 is 5.69 Å². The predicted molar refractivity (Wildman–Crippen MR) is 76.6 cm³/mol. The molecule has 0 fully saturated rings. The van der Waals surface area contributed by atoms with Gasteiger partial charge in [0.25, 0.3) is 0 Å². The molecule has 1 heterocycles. The van der Waals surface area contributed by atoms with E-state index in [4.69, 9.17) is 21.6 Å². The van der Waals surface area contributed by atoms with Crippen LogP contribution in [0.4, 0.5) is 4.39 Å². The monoisotopic (exact) mass is 320 g/mol. The van der Waals surface area contributed by atoms with Crippen LogP contribution in [0, 0.1) is 28.5 Å². The largest absolute Gasteiger partial charge is 0.492 e. The Morgan fingerprint density at radius 2 is 1.95 bits per heavy atom. The number of rotatable bonds is 3. The van der Waals surface area contributed by atoms with Crippen LogP contribution < -0.4 is 10.4 Å². The first kappa shape index (κ1) is 15.6. The summed E-state index contributed by atoms with van der Waals surface area (Å²) >= 11 is 5.87. The molecule has 0 N–H and O–H groups in total. The highest BCUT2D eigenvalue weighted by atomic mass is 35.5. The molecule has 0 atom stereocenters. The second-order valence-electron chi connectivity index (χ2n) is 4.26. The van der Waals surface area contributed by atoms with E-state index in [9.17, 15) is 14.4 Å². The lowest BCUT2D eigenvalue weighted by Crippen LogP contribution is -2.22. The van der Waals surface area contributed by atoms with Crippen molar-refractivity contribution in [3.8, 4) is 23.6 Å². The van der Waals surface area contributed by atoms with Gasteiger partial charge in [0.15, 0.2) is 11.4 Å². The molecular weight excluding hydrogens is 311 g/mol. The maximum atomic E-state index is 14.2. The van der Waals surface area contributed by atoms with E-state index < -0.39 is 11.5 Å². The van der Waals surface area contributed by atoms with Gasteiger partial charge in [0.2, 0.25) is 0 Å². The first-order chi connectivity index (χ1) is 10.5. The van der Waals surface area contributed by atoms with Crippen molar-refractivity contribution in [1.29, 1.82) is 10.5 Å². The van der Waals surface area contributed by atoms with Crippen LogP contribution in [0.3, 0.4) is 0 Å². The summed E-state index contributed by atoms with van der Waals surface area (Å²) < 4.78 is 21.3. The molecular formula is C14H10ClFN4O2. The Kier molecular flexibility index (Phi) is 4.20. The summed E-state index contributed by atoms with van der Waals surface area (Å²) in [7, 11) is 1.33. The summed E-state index contributed by atoms with van der Waals surface area (Å²) in [6, 6.07) is 5.73. The molecule has 0 saturated carbocycles. The van der Waals surface area contributed by atoms with Gasteiger partial charge in [-0.1, -0.05) is 11.6 Å². The van der Waals surface area contributed by atoms with Gasteiger partial charge in [0, 0.05) is 13.1 Å². The molecule has 2 aromatic rings. The molecule has 0 aliphatic carbocycles. The highest BCUT2D eigenvalue weighted by molar-refractivity contribution is 6.32. The van der Waals surface area contributed by atoms with Gasteiger partial charge in [0.1, 0.15) is 23.7 Å². The van der Waals surface area contributed by atoms with E-state index in [0.29, 0.717) is 6.61 Å². The fourth-order valence-electron chi connectivity index (χ4n) is 2.02. The van der Waals surface area contributed by atoms with Gasteiger partial charge in [0.05, 0.1) is 17.3 Å². The molecule has 22 heavy (non-hydrogen) atoms. The molecule has 0 amide bonds. The number of ether oxygens (including phenoxy) is 1. The van der Waals surface area contributed by atoms with Crippen molar-refractivity contribution in [2.75, 3.05) is 6.61 Å². The molecule has 1 aromatic heterocycles. The van der Waals surface area contributed by atoms with Gasteiger partial charge in [-0.3, -0.25) is 4.57 Å². The van der Waals surface area contributed by atoms with Crippen LogP contribution in [0.15, 0.2) is 16.9 Å². The lowest BCUT2D eigenvalue weighted by atomic mass is 10.2. The first-order valence-electron chi connectivity index (χ1n) is 6.20. The minimum atomic E-state index is -0.804. The maximum absolute atomic E-state index is 14.2. The van der Waals surface area contributed by atoms with Crippen molar-refractivity contribution in [2.45, 2.75) is 6.92 Å². The number of nitrogens with zero attached hydrogens (tertiary/aromatic N) is 4. The van der Waals surface area contributed by atoms with Gasteiger partial charge < -0.3 is 4.74 Å². The quantitative estimate of drug-likeness (QED) is 0.867. The Labute approximate surface area is 130 Å². The molecule has 1 aromatic carbocycles. The molecule has 0 bridgehead atoms.